The minimum atomic E-state index is -0.563. The molecule has 2 aromatic heterocycles. The monoisotopic (exact) mass is 344 g/mol. The van der Waals surface area contributed by atoms with E-state index in [4.69, 9.17) is 0 Å². The van der Waals surface area contributed by atoms with E-state index in [1.807, 2.05) is 29.8 Å². The zero-order valence-electron chi connectivity index (χ0n) is 13.4. The zero-order valence-corrected chi connectivity index (χ0v) is 14.3. The molecule has 126 valence electrons. The van der Waals surface area contributed by atoms with Gasteiger partial charge in [-0.15, -0.1) is 11.3 Å². The number of carbonyl (C=O) groups excluding carboxylic acids is 2. The van der Waals surface area contributed by atoms with Gasteiger partial charge in [0.25, 0.3) is 5.91 Å². The van der Waals surface area contributed by atoms with Crippen molar-refractivity contribution in [3.63, 3.8) is 0 Å². The van der Waals surface area contributed by atoms with Gasteiger partial charge in [0, 0.05) is 25.3 Å². The van der Waals surface area contributed by atoms with Gasteiger partial charge >= 0.3 is 0 Å². The predicted octanol–water partition coefficient (Wildman–Crippen LogP) is 1.66. The van der Waals surface area contributed by atoms with Crippen molar-refractivity contribution in [1.82, 2.24) is 15.6 Å². The van der Waals surface area contributed by atoms with E-state index < -0.39 is 6.04 Å². The van der Waals surface area contributed by atoms with Crippen molar-refractivity contribution in [2.24, 2.45) is 0 Å². The number of hydrogen-bond acceptors (Lipinski definition) is 5. The number of carbonyl (C=O) groups is 2. The quantitative estimate of drug-likeness (QED) is 0.865. The average Bonchev–Trinajstić information content (AvgIpc) is 3.27. The van der Waals surface area contributed by atoms with Gasteiger partial charge in [-0.1, -0.05) is 6.07 Å². The molecule has 2 amide bonds. The van der Waals surface area contributed by atoms with Gasteiger partial charge in [-0.3, -0.25) is 14.6 Å². The van der Waals surface area contributed by atoms with E-state index in [1.165, 1.54) is 11.3 Å². The first-order valence-corrected chi connectivity index (χ1v) is 8.81. The second kappa shape index (κ2) is 7.44. The van der Waals surface area contributed by atoms with Crippen LogP contribution < -0.4 is 15.5 Å². The maximum atomic E-state index is 12.3. The third kappa shape index (κ3) is 3.91. The van der Waals surface area contributed by atoms with Gasteiger partial charge in [-0.05, 0) is 36.9 Å². The topological polar surface area (TPSA) is 74.3 Å². The molecule has 2 aromatic rings. The number of rotatable bonds is 5. The number of anilines is 1. The smallest absolute Gasteiger partial charge is 0.261 e. The Morgan fingerprint density at radius 3 is 2.96 bits per heavy atom. The zero-order chi connectivity index (χ0) is 16.9. The van der Waals surface area contributed by atoms with E-state index in [0.717, 1.165) is 25.2 Å². The summed E-state index contributed by atoms with van der Waals surface area (Å²) >= 11 is 1.36. The number of thiophene rings is 1. The third-order valence-corrected chi connectivity index (χ3v) is 4.90. The van der Waals surface area contributed by atoms with Gasteiger partial charge in [0.05, 0.1) is 16.8 Å². The second-order valence-electron chi connectivity index (χ2n) is 5.82. The van der Waals surface area contributed by atoms with Crippen molar-refractivity contribution in [3.05, 3.63) is 46.9 Å². The van der Waals surface area contributed by atoms with Crippen LogP contribution in [-0.4, -0.2) is 42.0 Å². The Bertz CT molecular complexity index is 690. The standard InChI is InChI=1S/C17H20N4O2S/c1-12(19-17(23)15-5-3-9-24-15)16(22)20-13-6-8-21(11-13)14-4-2-7-18-10-14/h2-5,7,9-10,12-13H,6,8,11H2,1H3,(H,19,23)(H,20,22)/t12-,13+/m1/s1. The van der Waals surface area contributed by atoms with E-state index >= 15 is 0 Å². The summed E-state index contributed by atoms with van der Waals surface area (Å²) in [6.45, 7) is 3.34. The summed E-state index contributed by atoms with van der Waals surface area (Å²) in [6, 6.07) is 7.00. The lowest BCUT2D eigenvalue weighted by atomic mass is 10.2. The maximum Gasteiger partial charge on any atom is 0.261 e. The molecule has 0 bridgehead atoms. The molecule has 0 aromatic carbocycles. The summed E-state index contributed by atoms with van der Waals surface area (Å²) in [5.41, 5.74) is 1.06. The molecule has 3 heterocycles. The van der Waals surface area contributed by atoms with Crippen LogP contribution in [0.1, 0.15) is 23.0 Å². The number of nitrogens with one attached hydrogen (secondary N) is 2. The van der Waals surface area contributed by atoms with Crippen molar-refractivity contribution in [1.29, 1.82) is 0 Å². The van der Waals surface area contributed by atoms with E-state index in [1.54, 1.807) is 19.2 Å². The summed E-state index contributed by atoms with van der Waals surface area (Å²) in [4.78, 5) is 31.2. The Morgan fingerprint density at radius 1 is 1.38 bits per heavy atom. The molecule has 1 aliphatic heterocycles. The SMILES string of the molecule is C[C@@H](NC(=O)c1cccs1)C(=O)N[C@H]1CCN(c2cccnc2)C1. The largest absolute Gasteiger partial charge is 0.368 e. The molecule has 1 aliphatic rings. The highest BCUT2D eigenvalue weighted by molar-refractivity contribution is 7.12. The molecule has 0 unspecified atom stereocenters. The molecule has 6 nitrogen and oxygen atoms in total. The van der Waals surface area contributed by atoms with Gasteiger partial charge in [0.15, 0.2) is 0 Å². The van der Waals surface area contributed by atoms with Crippen molar-refractivity contribution < 1.29 is 9.59 Å². The highest BCUT2D eigenvalue weighted by atomic mass is 32.1. The summed E-state index contributed by atoms with van der Waals surface area (Å²) in [5.74, 6) is -0.367. The first-order chi connectivity index (χ1) is 11.6. The van der Waals surface area contributed by atoms with Crippen LogP contribution in [0.2, 0.25) is 0 Å². The Hall–Kier alpha value is -2.41. The molecular weight excluding hydrogens is 324 g/mol. The fraction of sp³-hybridized carbons (Fsp3) is 0.353. The highest BCUT2D eigenvalue weighted by Crippen LogP contribution is 2.18. The molecule has 1 fully saturated rings. The van der Waals surface area contributed by atoms with Crippen LogP contribution in [0.3, 0.4) is 0 Å². The van der Waals surface area contributed by atoms with Gasteiger partial charge in [0.1, 0.15) is 6.04 Å². The molecule has 0 aliphatic carbocycles. The first kappa shape index (κ1) is 16.4. The lowest BCUT2D eigenvalue weighted by Gasteiger charge is -2.20. The van der Waals surface area contributed by atoms with Gasteiger partial charge in [0.2, 0.25) is 5.91 Å². The summed E-state index contributed by atoms with van der Waals surface area (Å²) in [5, 5.41) is 7.59. The third-order valence-electron chi connectivity index (χ3n) is 4.03. The number of aromatic nitrogens is 1. The molecule has 2 atom stereocenters. The van der Waals surface area contributed by atoms with Crippen LogP contribution in [-0.2, 0) is 4.79 Å². The van der Waals surface area contributed by atoms with Crippen LogP contribution in [0, 0.1) is 0 Å². The summed E-state index contributed by atoms with van der Waals surface area (Å²) in [6.07, 6.45) is 4.46. The Labute approximate surface area is 144 Å². The van der Waals surface area contributed by atoms with Crippen molar-refractivity contribution in [3.8, 4) is 0 Å². The molecule has 0 saturated carbocycles. The molecule has 7 heteroatoms. The lowest BCUT2D eigenvalue weighted by molar-refractivity contribution is -0.123. The number of pyridine rings is 1. The summed E-state index contributed by atoms with van der Waals surface area (Å²) < 4.78 is 0. The van der Waals surface area contributed by atoms with Crippen molar-refractivity contribution in [2.45, 2.75) is 25.4 Å². The molecular formula is C17H20N4O2S. The molecule has 0 radical (unpaired) electrons. The fourth-order valence-electron chi connectivity index (χ4n) is 2.72. The van der Waals surface area contributed by atoms with Gasteiger partial charge < -0.3 is 15.5 Å². The Morgan fingerprint density at radius 2 is 2.25 bits per heavy atom. The van der Waals surface area contributed by atoms with Crippen LogP contribution >= 0.6 is 11.3 Å². The Balaban J connectivity index is 1.49. The molecule has 1 saturated heterocycles. The number of nitrogens with zero attached hydrogens (tertiary/aromatic N) is 2. The molecule has 2 N–H and O–H groups in total. The highest BCUT2D eigenvalue weighted by Gasteiger charge is 2.26. The van der Waals surface area contributed by atoms with Gasteiger partial charge in [-0.25, -0.2) is 0 Å². The van der Waals surface area contributed by atoms with Crippen molar-refractivity contribution >= 4 is 28.8 Å². The van der Waals surface area contributed by atoms with Crippen molar-refractivity contribution in [2.75, 3.05) is 18.0 Å². The number of hydrogen-bond donors (Lipinski definition) is 2. The predicted molar refractivity (Wildman–Crippen MR) is 94.2 cm³/mol. The first-order valence-electron chi connectivity index (χ1n) is 7.93. The van der Waals surface area contributed by atoms with Crippen LogP contribution in [0.4, 0.5) is 5.69 Å². The second-order valence-corrected chi connectivity index (χ2v) is 6.77. The lowest BCUT2D eigenvalue weighted by Crippen LogP contribution is -2.48. The minimum Gasteiger partial charge on any atom is -0.368 e. The van der Waals surface area contributed by atoms with Crippen LogP contribution in [0.25, 0.3) is 0 Å². The molecule has 0 spiro atoms. The van der Waals surface area contributed by atoms with E-state index in [0.29, 0.717) is 4.88 Å². The normalized spacial score (nSPS) is 18.2. The Kier molecular flexibility index (Phi) is 5.10. The maximum absolute atomic E-state index is 12.3. The summed E-state index contributed by atoms with van der Waals surface area (Å²) in [7, 11) is 0. The van der Waals surface area contributed by atoms with E-state index in [2.05, 4.69) is 20.5 Å². The van der Waals surface area contributed by atoms with E-state index in [-0.39, 0.29) is 17.9 Å². The molecule has 24 heavy (non-hydrogen) atoms. The molecule has 3 rings (SSSR count). The number of amides is 2. The van der Waals surface area contributed by atoms with Crippen LogP contribution in [0.5, 0.6) is 0 Å². The van der Waals surface area contributed by atoms with Gasteiger partial charge in [-0.2, -0.15) is 0 Å². The average molecular weight is 344 g/mol. The van der Waals surface area contributed by atoms with Crippen LogP contribution in [0.15, 0.2) is 42.0 Å². The van der Waals surface area contributed by atoms with E-state index in [9.17, 15) is 9.59 Å². The minimum absolute atomic E-state index is 0.0822. The fourth-order valence-corrected chi connectivity index (χ4v) is 3.35.